The number of carbonyl (C=O) groups is 1. The summed E-state index contributed by atoms with van der Waals surface area (Å²) in [5.41, 5.74) is 0.898. The third kappa shape index (κ3) is 3.03. The predicted octanol–water partition coefficient (Wildman–Crippen LogP) is 2.92. The Kier molecular flexibility index (Phi) is 4.47. The van der Waals surface area contributed by atoms with Gasteiger partial charge in [-0.3, -0.25) is 0 Å². The quantitative estimate of drug-likeness (QED) is 0.873. The van der Waals surface area contributed by atoms with Gasteiger partial charge >= 0.3 is 5.97 Å². The molecule has 0 radical (unpaired) electrons. The van der Waals surface area contributed by atoms with E-state index in [-0.39, 0.29) is 11.7 Å². The van der Waals surface area contributed by atoms with Gasteiger partial charge in [0, 0.05) is 12.7 Å². The van der Waals surface area contributed by atoms with Gasteiger partial charge in [0.15, 0.2) is 0 Å². The number of hydrogen-bond donors (Lipinski definition) is 1. The molecule has 0 bridgehead atoms. The van der Waals surface area contributed by atoms with Crippen LogP contribution in [-0.2, 0) is 4.74 Å². The number of aromatic carboxylic acids is 1. The van der Waals surface area contributed by atoms with E-state index in [0.717, 1.165) is 12.8 Å². The molecule has 0 spiro atoms. The van der Waals surface area contributed by atoms with Crippen LogP contribution in [0.1, 0.15) is 42.1 Å². The van der Waals surface area contributed by atoms with Crippen LogP contribution in [0.25, 0.3) is 11.5 Å². The number of nitrogens with zero attached hydrogens (tertiary/aromatic N) is 2. The number of methoxy groups -OCH3 is 1. The molecule has 2 aromatic rings. The maximum Gasteiger partial charge on any atom is 0.335 e. The summed E-state index contributed by atoms with van der Waals surface area (Å²) in [5, 5.41) is 12.8. The van der Waals surface area contributed by atoms with Gasteiger partial charge in [-0.15, -0.1) is 0 Å². The van der Waals surface area contributed by atoms with Crippen molar-refractivity contribution >= 4 is 5.97 Å². The van der Waals surface area contributed by atoms with Crippen molar-refractivity contribution in [2.75, 3.05) is 7.11 Å². The Morgan fingerprint density at radius 2 is 2.10 bits per heavy atom. The molecule has 1 heterocycles. The maximum atomic E-state index is 10.8. The molecule has 0 aliphatic carbocycles. The van der Waals surface area contributed by atoms with Crippen LogP contribution in [0.5, 0.6) is 0 Å². The molecule has 1 unspecified atom stereocenters. The Hall–Kier alpha value is -2.21. The highest BCUT2D eigenvalue weighted by Crippen LogP contribution is 2.23. The van der Waals surface area contributed by atoms with E-state index >= 15 is 0 Å². The van der Waals surface area contributed by atoms with Gasteiger partial charge < -0.3 is 14.4 Å². The number of carboxylic acids is 1. The molecule has 1 aromatic heterocycles. The first-order chi connectivity index (χ1) is 9.65. The predicted molar refractivity (Wildman–Crippen MR) is 71.4 cm³/mol. The van der Waals surface area contributed by atoms with Crippen LogP contribution in [0.4, 0.5) is 0 Å². The van der Waals surface area contributed by atoms with E-state index in [1.165, 1.54) is 12.1 Å². The first kappa shape index (κ1) is 14.2. The molecular weight excluding hydrogens is 260 g/mol. The lowest BCUT2D eigenvalue weighted by Gasteiger charge is -2.08. The molecule has 0 aliphatic heterocycles. The summed E-state index contributed by atoms with van der Waals surface area (Å²) in [6, 6.07) is 6.29. The fourth-order valence-electron chi connectivity index (χ4n) is 1.85. The second-order valence-electron chi connectivity index (χ2n) is 4.35. The van der Waals surface area contributed by atoms with Crippen LogP contribution >= 0.6 is 0 Å². The highest BCUT2D eigenvalue weighted by atomic mass is 16.5. The topological polar surface area (TPSA) is 85.5 Å². The van der Waals surface area contributed by atoms with Gasteiger partial charge in [-0.25, -0.2) is 4.79 Å². The Balaban J connectivity index is 2.21. The summed E-state index contributed by atoms with van der Waals surface area (Å²) in [6.07, 6.45) is 1.58. The smallest absolute Gasteiger partial charge is 0.335 e. The standard InChI is InChI=1S/C14H16N2O4/c1-3-4-11(19-2)12-15-13(20-16-12)9-5-7-10(8-6-9)14(17)18/h5-8,11H,3-4H2,1-2H3,(H,17,18). The van der Waals surface area contributed by atoms with E-state index in [4.69, 9.17) is 14.4 Å². The zero-order chi connectivity index (χ0) is 14.5. The van der Waals surface area contributed by atoms with Gasteiger partial charge in [0.1, 0.15) is 6.10 Å². The number of benzene rings is 1. The Morgan fingerprint density at radius 1 is 1.40 bits per heavy atom. The Morgan fingerprint density at radius 3 is 2.65 bits per heavy atom. The average Bonchev–Trinajstić information content (AvgIpc) is 2.94. The van der Waals surface area contributed by atoms with Crippen LogP contribution in [0.15, 0.2) is 28.8 Å². The van der Waals surface area contributed by atoms with Crippen molar-refractivity contribution in [2.24, 2.45) is 0 Å². The van der Waals surface area contributed by atoms with Crippen molar-refractivity contribution < 1.29 is 19.2 Å². The third-order valence-electron chi connectivity index (χ3n) is 2.94. The number of ether oxygens (including phenoxy) is 1. The average molecular weight is 276 g/mol. The molecule has 0 amide bonds. The fraction of sp³-hybridized carbons (Fsp3) is 0.357. The largest absolute Gasteiger partial charge is 0.478 e. The second kappa shape index (κ2) is 6.29. The van der Waals surface area contributed by atoms with Crippen LogP contribution in [-0.4, -0.2) is 28.3 Å². The van der Waals surface area contributed by atoms with E-state index < -0.39 is 5.97 Å². The minimum atomic E-state index is -0.967. The summed E-state index contributed by atoms with van der Waals surface area (Å²) in [7, 11) is 1.61. The highest BCUT2D eigenvalue weighted by Gasteiger charge is 2.17. The molecule has 6 heteroatoms. The molecule has 1 aromatic carbocycles. The van der Waals surface area contributed by atoms with E-state index in [1.54, 1.807) is 19.2 Å². The van der Waals surface area contributed by atoms with Crippen molar-refractivity contribution in [1.82, 2.24) is 10.1 Å². The zero-order valence-electron chi connectivity index (χ0n) is 11.4. The summed E-state index contributed by atoms with van der Waals surface area (Å²) < 4.78 is 10.5. The third-order valence-corrected chi connectivity index (χ3v) is 2.94. The molecule has 0 saturated carbocycles. The van der Waals surface area contributed by atoms with Gasteiger partial charge in [-0.1, -0.05) is 18.5 Å². The van der Waals surface area contributed by atoms with E-state index in [9.17, 15) is 4.79 Å². The maximum absolute atomic E-state index is 10.8. The molecular formula is C14H16N2O4. The molecule has 6 nitrogen and oxygen atoms in total. The molecule has 0 saturated heterocycles. The first-order valence-corrected chi connectivity index (χ1v) is 6.35. The lowest BCUT2D eigenvalue weighted by molar-refractivity contribution is 0.0697. The lowest BCUT2D eigenvalue weighted by Crippen LogP contribution is -2.03. The first-order valence-electron chi connectivity index (χ1n) is 6.35. The van der Waals surface area contributed by atoms with Gasteiger partial charge in [0.25, 0.3) is 5.89 Å². The molecule has 0 fully saturated rings. The number of hydrogen-bond acceptors (Lipinski definition) is 5. The van der Waals surface area contributed by atoms with Crippen LogP contribution in [0.3, 0.4) is 0 Å². The summed E-state index contributed by atoms with van der Waals surface area (Å²) in [5.74, 6) is -0.105. The van der Waals surface area contributed by atoms with E-state index in [0.29, 0.717) is 17.3 Å². The lowest BCUT2D eigenvalue weighted by atomic mass is 10.1. The van der Waals surface area contributed by atoms with Gasteiger partial charge in [-0.05, 0) is 30.7 Å². The summed E-state index contributed by atoms with van der Waals surface area (Å²) >= 11 is 0. The van der Waals surface area contributed by atoms with Crippen molar-refractivity contribution in [2.45, 2.75) is 25.9 Å². The molecule has 106 valence electrons. The normalized spacial score (nSPS) is 12.3. The SMILES string of the molecule is CCCC(OC)c1noc(-c2ccc(C(=O)O)cc2)n1. The van der Waals surface area contributed by atoms with Crippen molar-refractivity contribution in [1.29, 1.82) is 0 Å². The molecule has 0 aliphatic rings. The molecule has 1 N–H and O–H groups in total. The number of carboxylic acid groups (broad SMARTS) is 1. The second-order valence-corrected chi connectivity index (χ2v) is 4.35. The summed E-state index contributed by atoms with van der Waals surface area (Å²) in [4.78, 5) is 15.1. The van der Waals surface area contributed by atoms with Crippen molar-refractivity contribution in [3.63, 3.8) is 0 Å². The van der Waals surface area contributed by atoms with Crippen LogP contribution in [0, 0.1) is 0 Å². The van der Waals surface area contributed by atoms with Gasteiger partial charge in [0.05, 0.1) is 5.56 Å². The molecule has 1 atom stereocenters. The number of rotatable bonds is 6. The minimum Gasteiger partial charge on any atom is -0.478 e. The van der Waals surface area contributed by atoms with Gasteiger partial charge in [0.2, 0.25) is 5.82 Å². The highest BCUT2D eigenvalue weighted by molar-refractivity contribution is 5.88. The monoisotopic (exact) mass is 276 g/mol. The molecule has 2 rings (SSSR count). The Bertz CT molecular complexity index is 577. The van der Waals surface area contributed by atoms with Crippen molar-refractivity contribution in [3.8, 4) is 11.5 Å². The van der Waals surface area contributed by atoms with E-state index in [2.05, 4.69) is 17.1 Å². The summed E-state index contributed by atoms with van der Waals surface area (Å²) in [6.45, 7) is 2.05. The van der Waals surface area contributed by atoms with Crippen LogP contribution < -0.4 is 0 Å². The van der Waals surface area contributed by atoms with Gasteiger partial charge in [-0.2, -0.15) is 4.98 Å². The fourth-order valence-corrected chi connectivity index (χ4v) is 1.85. The van der Waals surface area contributed by atoms with Crippen LogP contribution in [0.2, 0.25) is 0 Å². The van der Waals surface area contributed by atoms with Crippen molar-refractivity contribution in [3.05, 3.63) is 35.7 Å². The Labute approximate surface area is 116 Å². The molecule has 20 heavy (non-hydrogen) atoms. The minimum absolute atomic E-state index is 0.184. The zero-order valence-corrected chi connectivity index (χ0v) is 11.4. The number of aromatic nitrogens is 2. The van der Waals surface area contributed by atoms with E-state index in [1.807, 2.05) is 0 Å².